The van der Waals surface area contributed by atoms with E-state index in [-0.39, 0.29) is 25.2 Å². The molecule has 0 aromatic heterocycles. The van der Waals surface area contributed by atoms with Gasteiger partial charge in [0.25, 0.3) is 0 Å². The molecule has 1 heterocycles. The van der Waals surface area contributed by atoms with Crippen molar-refractivity contribution in [2.24, 2.45) is 0 Å². The molecule has 8 nitrogen and oxygen atoms in total. The summed E-state index contributed by atoms with van der Waals surface area (Å²) in [4.78, 5) is 35.8. The Hall–Kier alpha value is -1.83. The van der Waals surface area contributed by atoms with E-state index < -0.39 is 17.5 Å². The van der Waals surface area contributed by atoms with Crippen molar-refractivity contribution in [3.05, 3.63) is 0 Å². The second kappa shape index (κ2) is 7.82. The van der Waals surface area contributed by atoms with Gasteiger partial charge in [0.05, 0.1) is 7.11 Å². The van der Waals surface area contributed by atoms with Crippen LogP contribution in [0.25, 0.3) is 0 Å². The lowest BCUT2D eigenvalue weighted by Gasteiger charge is -2.35. The van der Waals surface area contributed by atoms with Crippen molar-refractivity contribution in [3.63, 3.8) is 0 Å². The van der Waals surface area contributed by atoms with Gasteiger partial charge >= 0.3 is 18.0 Å². The molecule has 0 radical (unpaired) electrons. The monoisotopic (exact) mass is 302 g/mol. The standard InChI is InChI=1S/C13H22N2O6/c1-15(7-3-4-10(16)20-2)12(19)14-13(11(17)18)5-8-21-9-6-13/h3-9H2,1-2H3,(H,14,19)(H,17,18). The number of hydrogen-bond donors (Lipinski definition) is 2. The van der Waals surface area contributed by atoms with Crippen molar-refractivity contribution in [3.8, 4) is 0 Å². The summed E-state index contributed by atoms with van der Waals surface area (Å²) in [5.74, 6) is -1.39. The number of carbonyl (C=O) groups excluding carboxylic acids is 2. The van der Waals surface area contributed by atoms with Gasteiger partial charge in [-0.15, -0.1) is 0 Å². The van der Waals surface area contributed by atoms with Crippen LogP contribution in [0.1, 0.15) is 25.7 Å². The third kappa shape index (κ3) is 4.89. The van der Waals surface area contributed by atoms with Gasteiger partial charge < -0.3 is 24.8 Å². The van der Waals surface area contributed by atoms with Crippen molar-refractivity contribution in [1.82, 2.24) is 10.2 Å². The van der Waals surface area contributed by atoms with Crippen LogP contribution in [-0.4, -0.2) is 67.4 Å². The Balaban J connectivity index is 2.49. The van der Waals surface area contributed by atoms with E-state index in [4.69, 9.17) is 4.74 Å². The number of carboxylic acid groups (broad SMARTS) is 1. The van der Waals surface area contributed by atoms with E-state index in [0.717, 1.165) is 0 Å². The molecule has 0 atom stereocenters. The van der Waals surface area contributed by atoms with Crippen molar-refractivity contribution in [2.45, 2.75) is 31.2 Å². The Kier molecular flexibility index (Phi) is 6.41. The molecule has 0 spiro atoms. The van der Waals surface area contributed by atoms with E-state index in [1.54, 1.807) is 7.05 Å². The molecule has 0 unspecified atom stereocenters. The first-order valence-corrected chi connectivity index (χ1v) is 6.82. The number of urea groups is 1. The predicted molar refractivity (Wildman–Crippen MR) is 72.8 cm³/mol. The van der Waals surface area contributed by atoms with Crippen LogP contribution in [0.5, 0.6) is 0 Å². The lowest BCUT2D eigenvalue weighted by Crippen LogP contribution is -2.59. The summed E-state index contributed by atoms with van der Waals surface area (Å²) < 4.78 is 9.65. The van der Waals surface area contributed by atoms with Crippen LogP contribution in [-0.2, 0) is 19.1 Å². The maximum absolute atomic E-state index is 12.1. The van der Waals surface area contributed by atoms with E-state index in [2.05, 4.69) is 10.1 Å². The molecule has 0 aromatic rings. The predicted octanol–water partition coefficient (Wildman–Crippen LogP) is 0.215. The number of esters is 1. The number of nitrogens with zero attached hydrogens (tertiary/aromatic N) is 1. The van der Waals surface area contributed by atoms with Gasteiger partial charge in [0.2, 0.25) is 0 Å². The van der Waals surface area contributed by atoms with Crippen LogP contribution in [0, 0.1) is 0 Å². The number of carbonyl (C=O) groups is 3. The fraction of sp³-hybridized carbons (Fsp3) is 0.769. The van der Waals surface area contributed by atoms with E-state index in [1.807, 2.05) is 0 Å². The Bertz CT molecular complexity index is 392. The number of amides is 2. The van der Waals surface area contributed by atoms with Crippen LogP contribution in [0.4, 0.5) is 4.79 Å². The maximum Gasteiger partial charge on any atom is 0.329 e. The number of hydrogen-bond acceptors (Lipinski definition) is 5. The molecule has 0 bridgehead atoms. The SMILES string of the molecule is COC(=O)CCCN(C)C(=O)NC1(C(=O)O)CCOCC1. The van der Waals surface area contributed by atoms with Crippen LogP contribution in [0.3, 0.4) is 0 Å². The average Bonchev–Trinajstić information content (AvgIpc) is 2.47. The van der Waals surface area contributed by atoms with Gasteiger partial charge in [0.15, 0.2) is 0 Å². The van der Waals surface area contributed by atoms with Gasteiger partial charge in [-0.2, -0.15) is 0 Å². The van der Waals surface area contributed by atoms with Gasteiger partial charge in [-0.05, 0) is 6.42 Å². The average molecular weight is 302 g/mol. The normalized spacial score (nSPS) is 16.9. The smallest absolute Gasteiger partial charge is 0.329 e. The zero-order chi connectivity index (χ0) is 15.9. The zero-order valence-electron chi connectivity index (χ0n) is 12.4. The second-order valence-electron chi connectivity index (χ2n) is 5.03. The van der Waals surface area contributed by atoms with Gasteiger partial charge in [-0.1, -0.05) is 0 Å². The van der Waals surface area contributed by atoms with E-state index >= 15 is 0 Å². The summed E-state index contributed by atoms with van der Waals surface area (Å²) in [7, 11) is 2.86. The molecule has 0 saturated carbocycles. The summed E-state index contributed by atoms with van der Waals surface area (Å²) in [6.07, 6.45) is 1.15. The largest absolute Gasteiger partial charge is 0.480 e. The molecular formula is C13H22N2O6. The van der Waals surface area contributed by atoms with E-state index in [1.165, 1.54) is 12.0 Å². The van der Waals surface area contributed by atoms with Gasteiger partial charge in [0, 0.05) is 46.1 Å². The first-order chi connectivity index (χ1) is 9.91. The molecule has 1 fully saturated rings. The summed E-state index contributed by atoms with van der Waals surface area (Å²) >= 11 is 0. The third-order valence-electron chi connectivity index (χ3n) is 3.55. The van der Waals surface area contributed by atoms with Gasteiger partial charge in [0.1, 0.15) is 5.54 Å². The maximum atomic E-state index is 12.1. The Labute approximate surface area is 123 Å². The third-order valence-corrected chi connectivity index (χ3v) is 3.55. The molecule has 8 heteroatoms. The summed E-state index contributed by atoms with van der Waals surface area (Å²) in [5.41, 5.74) is -1.27. The minimum atomic E-state index is -1.27. The van der Waals surface area contributed by atoms with E-state index in [9.17, 15) is 19.5 Å². The molecule has 21 heavy (non-hydrogen) atoms. The number of methoxy groups -OCH3 is 1. The zero-order valence-corrected chi connectivity index (χ0v) is 12.4. The lowest BCUT2D eigenvalue weighted by molar-refractivity contribution is -0.148. The summed E-state index contributed by atoms with van der Waals surface area (Å²) in [6.45, 7) is 0.949. The highest BCUT2D eigenvalue weighted by atomic mass is 16.5. The molecule has 0 aliphatic carbocycles. The molecule has 1 saturated heterocycles. The number of rotatable bonds is 6. The molecule has 1 aliphatic heterocycles. The number of nitrogens with one attached hydrogen (secondary N) is 1. The Morgan fingerprint density at radius 2 is 1.95 bits per heavy atom. The molecule has 120 valence electrons. The fourth-order valence-corrected chi connectivity index (χ4v) is 2.08. The first kappa shape index (κ1) is 17.2. The van der Waals surface area contributed by atoms with E-state index in [0.29, 0.717) is 26.2 Å². The van der Waals surface area contributed by atoms with Crippen molar-refractivity contribution in [2.75, 3.05) is 33.9 Å². The highest BCUT2D eigenvalue weighted by molar-refractivity contribution is 5.86. The minimum absolute atomic E-state index is 0.214. The minimum Gasteiger partial charge on any atom is -0.480 e. The van der Waals surface area contributed by atoms with Gasteiger partial charge in [-0.25, -0.2) is 9.59 Å². The number of carboxylic acids is 1. The van der Waals surface area contributed by atoms with Crippen molar-refractivity contribution < 1.29 is 29.0 Å². The Morgan fingerprint density at radius 1 is 1.33 bits per heavy atom. The molecule has 2 amide bonds. The highest BCUT2D eigenvalue weighted by Crippen LogP contribution is 2.21. The van der Waals surface area contributed by atoms with Crippen molar-refractivity contribution >= 4 is 18.0 Å². The highest BCUT2D eigenvalue weighted by Gasteiger charge is 2.42. The molecular weight excluding hydrogens is 280 g/mol. The molecule has 2 N–H and O–H groups in total. The quantitative estimate of drug-likeness (QED) is 0.680. The summed E-state index contributed by atoms with van der Waals surface area (Å²) in [5, 5.41) is 11.9. The van der Waals surface area contributed by atoms with Crippen molar-refractivity contribution in [1.29, 1.82) is 0 Å². The van der Waals surface area contributed by atoms with Crippen LogP contribution in [0.15, 0.2) is 0 Å². The Morgan fingerprint density at radius 3 is 2.48 bits per heavy atom. The van der Waals surface area contributed by atoms with Crippen LogP contribution >= 0.6 is 0 Å². The fourth-order valence-electron chi connectivity index (χ4n) is 2.08. The molecule has 1 aliphatic rings. The van der Waals surface area contributed by atoms with Crippen LogP contribution < -0.4 is 5.32 Å². The lowest BCUT2D eigenvalue weighted by atomic mass is 9.90. The molecule has 0 aromatic carbocycles. The topological polar surface area (TPSA) is 105 Å². The van der Waals surface area contributed by atoms with Gasteiger partial charge in [-0.3, -0.25) is 4.79 Å². The first-order valence-electron chi connectivity index (χ1n) is 6.82. The van der Waals surface area contributed by atoms with Crippen LogP contribution in [0.2, 0.25) is 0 Å². The number of aliphatic carboxylic acids is 1. The summed E-state index contributed by atoms with van der Waals surface area (Å²) in [6, 6.07) is -0.468. The second-order valence-corrected chi connectivity index (χ2v) is 5.03. The molecule has 1 rings (SSSR count). The number of ether oxygens (including phenoxy) is 2.